The molecule has 0 saturated heterocycles. The van der Waals surface area contributed by atoms with Gasteiger partial charge in [-0.3, -0.25) is 0 Å². The van der Waals surface area contributed by atoms with Crippen molar-refractivity contribution in [3.05, 3.63) is 53.3 Å². The van der Waals surface area contributed by atoms with Crippen LogP contribution in [-0.2, 0) is 13.1 Å². The van der Waals surface area contributed by atoms with Crippen LogP contribution in [-0.4, -0.2) is 29.2 Å². The van der Waals surface area contributed by atoms with Gasteiger partial charge in [0.2, 0.25) is 0 Å². The number of hydrogen-bond acceptors (Lipinski definition) is 2. The summed E-state index contributed by atoms with van der Waals surface area (Å²) >= 11 is 0. The first-order valence-corrected chi connectivity index (χ1v) is 8.97. The average Bonchev–Trinajstić information content (AvgIpc) is 3.02. The standard InChI is InChI=1S/C20H27N3O2/c1-4-6-18-19-10-9-15(2)22(19)11-12-23(18)20(24)21-14-16-7-5-8-17(13-16)25-3/h5,7-10,13,18H,4,6,11-12,14H2,1-3H3,(H,21,24)/t18-/m1/s1. The molecule has 0 bridgehead atoms. The van der Waals surface area contributed by atoms with Crippen molar-refractivity contribution in [1.29, 1.82) is 0 Å². The highest BCUT2D eigenvalue weighted by atomic mass is 16.5. The summed E-state index contributed by atoms with van der Waals surface area (Å²) in [6, 6.07) is 12.3. The Balaban J connectivity index is 1.70. The fourth-order valence-electron chi connectivity index (χ4n) is 3.59. The van der Waals surface area contributed by atoms with Gasteiger partial charge in [0.1, 0.15) is 5.75 Å². The van der Waals surface area contributed by atoms with Crippen molar-refractivity contribution in [2.24, 2.45) is 0 Å². The van der Waals surface area contributed by atoms with Crippen LogP contribution in [0.4, 0.5) is 4.79 Å². The fourth-order valence-corrected chi connectivity index (χ4v) is 3.59. The van der Waals surface area contributed by atoms with E-state index in [2.05, 4.69) is 35.9 Å². The molecule has 134 valence electrons. The van der Waals surface area contributed by atoms with Gasteiger partial charge in [-0.05, 0) is 43.2 Å². The van der Waals surface area contributed by atoms with E-state index in [1.165, 1.54) is 11.4 Å². The van der Waals surface area contributed by atoms with Crippen molar-refractivity contribution < 1.29 is 9.53 Å². The van der Waals surface area contributed by atoms with Crippen molar-refractivity contribution in [1.82, 2.24) is 14.8 Å². The Kier molecular flexibility index (Phi) is 5.31. The highest BCUT2D eigenvalue weighted by Crippen LogP contribution is 2.31. The SMILES string of the molecule is CCC[C@@H]1c2ccc(C)n2CCN1C(=O)NCc1cccc(OC)c1. The first-order chi connectivity index (χ1) is 12.1. The molecule has 25 heavy (non-hydrogen) atoms. The van der Waals surface area contributed by atoms with E-state index in [9.17, 15) is 4.79 Å². The number of rotatable bonds is 5. The van der Waals surface area contributed by atoms with E-state index in [4.69, 9.17) is 4.74 Å². The van der Waals surface area contributed by atoms with Crippen LogP contribution in [0.25, 0.3) is 0 Å². The number of urea groups is 1. The van der Waals surface area contributed by atoms with Gasteiger partial charge in [-0.1, -0.05) is 25.5 Å². The quantitative estimate of drug-likeness (QED) is 0.897. The predicted molar refractivity (Wildman–Crippen MR) is 98.8 cm³/mol. The number of aryl methyl sites for hydroxylation is 1. The van der Waals surface area contributed by atoms with Crippen molar-refractivity contribution in [2.45, 2.75) is 45.8 Å². The summed E-state index contributed by atoms with van der Waals surface area (Å²) in [7, 11) is 1.65. The molecular weight excluding hydrogens is 314 g/mol. The Bertz CT molecular complexity index is 738. The molecule has 1 N–H and O–H groups in total. The Labute approximate surface area is 149 Å². The molecule has 2 amide bonds. The normalized spacial score (nSPS) is 16.4. The first-order valence-electron chi connectivity index (χ1n) is 8.97. The van der Waals surface area contributed by atoms with Crippen LogP contribution in [0, 0.1) is 6.92 Å². The van der Waals surface area contributed by atoms with Gasteiger partial charge in [-0.15, -0.1) is 0 Å². The number of methoxy groups -OCH3 is 1. The second-order valence-electron chi connectivity index (χ2n) is 6.56. The number of nitrogens with zero attached hydrogens (tertiary/aromatic N) is 2. The minimum Gasteiger partial charge on any atom is -0.497 e. The molecule has 2 aromatic rings. The maximum Gasteiger partial charge on any atom is 0.318 e. The minimum atomic E-state index is 0.00590. The number of carbonyl (C=O) groups excluding carboxylic acids is 1. The highest BCUT2D eigenvalue weighted by Gasteiger charge is 2.30. The molecule has 2 heterocycles. The van der Waals surface area contributed by atoms with Gasteiger partial charge in [0.25, 0.3) is 0 Å². The summed E-state index contributed by atoms with van der Waals surface area (Å²) in [5.41, 5.74) is 3.56. The average molecular weight is 341 g/mol. The molecule has 1 aromatic carbocycles. The maximum atomic E-state index is 12.8. The summed E-state index contributed by atoms with van der Waals surface area (Å²) in [4.78, 5) is 14.8. The van der Waals surface area contributed by atoms with E-state index in [-0.39, 0.29) is 12.1 Å². The number of carbonyl (C=O) groups is 1. The third-order valence-corrected chi connectivity index (χ3v) is 4.92. The Morgan fingerprint density at radius 2 is 2.12 bits per heavy atom. The molecule has 1 atom stereocenters. The van der Waals surface area contributed by atoms with Crippen molar-refractivity contribution in [3.63, 3.8) is 0 Å². The largest absolute Gasteiger partial charge is 0.497 e. The van der Waals surface area contributed by atoms with Gasteiger partial charge in [0.05, 0.1) is 13.2 Å². The number of benzene rings is 1. The van der Waals surface area contributed by atoms with Crippen LogP contribution in [0.15, 0.2) is 36.4 Å². The van der Waals surface area contributed by atoms with E-state index >= 15 is 0 Å². The summed E-state index contributed by atoms with van der Waals surface area (Å²) in [6.45, 7) is 6.41. The molecule has 0 fully saturated rings. The molecule has 0 radical (unpaired) electrons. The van der Waals surface area contributed by atoms with Gasteiger partial charge in [0.15, 0.2) is 0 Å². The summed E-state index contributed by atoms with van der Waals surface area (Å²) in [5, 5.41) is 3.07. The van der Waals surface area contributed by atoms with E-state index in [0.29, 0.717) is 6.54 Å². The van der Waals surface area contributed by atoms with E-state index in [0.717, 1.165) is 37.2 Å². The molecule has 0 saturated carbocycles. The molecule has 0 spiro atoms. The van der Waals surface area contributed by atoms with Crippen molar-refractivity contribution >= 4 is 6.03 Å². The lowest BCUT2D eigenvalue weighted by Gasteiger charge is -2.37. The Hall–Kier alpha value is -2.43. The number of fused-ring (bicyclic) bond motifs is 1. The van der Waals surface area contributed by atoms with Crippen LogP contribution in [0.3, 0.4) is 0 Å². The molecule has 1 aliphatic rings. The maximum absolute atomic E-state index is 12.8. The van der Waals surface area contributed by atoms with Crippen molar-refractivity contribution in [2.75, 3.05) is 13.7 Å². The molecule has 1 aliphatic heterocycles. The lowest BCUT2D eigenvalue weighted by atomic mass is 10.0. The van der Waals surface area contributed by atoms with Gasteiger partial charge >= 0.3 is 6.03 Å². The molecule has 0 unspecified atom stereocenters. The van der Waals surface area contributed by atoms with E-state index in [1.54, 1.807) is 7.11 Å². The molecule has 5 nitrogen and oxygen atoms in total. The third-order valence-electron chi connectivity index (χ3n) is 4.92. The van der Waals surface area contributed by atoms with Crippen molar-refractivity contribution in [3.8, 4) is 5.75 Å². The van der Waals surface area contributed by atoms with E-state index in [1.807, 2.05) is 29.2 Å². The topological polar surface area (TPSA) is 46.5 Å². The van der Waals surface area contributed by atoms with Crippen LogP contribution in [0.5, 0.6) is 5.75 Å². The lowest BCUT2D eigenvalue weighted by molar-refractivity contribution is 0.150. The predicted octanol–water partition coefficient (Wildman–Crippen LogP) is 3.87. The monoisotopic (exact) mass is 341 g/mol. The number of nitrogens with one attached hydrogen (secondary N) is 1. The summed E-state index contributed by atoms with van der Waals surface area (Å²) in [6.07, 6.45) is 2.03. The molecular formula is C20H27N3O2. The fraction of sp³-hybridized carbons (Fsp3) is 0.450. The summed E-state index contributed by atoms with van der Waals surface area (Å²) < 4.78 is 7.58. The van der Waals surface area contributed by atoms with Crippen LogP contribution in [0.2, 0.25) is 0 Å². The van der Waals surface area contributed by atoms with Gasteiger partial charge in [0, 0.05) is 31.0 Å². The second-order valence-corrected chi connectivity index (χ2v) is 6.56. The Morgan fingerprint density at radius 3 is 2.88 bits per heavy atom. The van der Waals surface area contributed by atoms with Crippen LogP contribution in [0.1, 0.15) is 42.8 Å². The summed E-state index contributed by atoms with van der Waals surface area (Å²) in [5.74, 6) is 0.807. The minimum absolute atomic E-state index is 0.00590. The lowest BCUT2D eigenvalue weighted by Crippen LogP contribution is -2.46. The van der Waals surface area contributed by atoms with Crippen LogP contribution < -0.4 is 10.1 Å². The van der Waals surface area contributed by atoms with Gasteiger partial charge in [-0.25, -0.2) is 4.79 Å². The smallest absolute Gasteiger partial charge is 0.318 e. The van der Waals surface area contributed by atoms with Crippen LogP contribution >= 0.6 is 0 Å². The number of ether oxygens (including phenoxy) is 1. The van der Waals surface area contributed by atoms with Gasteiger partial charge in [-0.2, -0.15) is 0 Å². The molecule has 1 aromatic heterocycles. The zero-order valence-corrected chi connectivity index (χ0v) is 15.3. The number of amides is 2. The third kappa shape index (κ3) is 3.65. The number of aromatic nitrogens is 1. The first kappa shape index (κ1) is 17.4. The number of hydrogen-bond donors (Lipinski definition) is 1. The molecule has 5 heteroatoms. The zero-order valence-electron chi connectivity index (χ0n) is 15.3. The Morgan fingerprint density at radius 1 is 1.28 bits per heavy atom. The highest BCUT2D eigenvalue weighted by molar-refractivity contribution is 5.75. The molecule has 3 rings (SSSR count). The zero-order chi connectivity index (χ0) is 17.8. The van der Waals surface area contributed by atoms with E-state index < -0.39 is 0 Å². The second kappa shape index (κ2) is 7.64. The van der Waals surface area contributed by atoms with Gasteiger partial charge < -0.3 is 19.5 Å². The molecule has 0 aliphatic carbocycles.